The third-order valence-corrected chi connectivity index (χ3v) is 8.78. The Labute approximate surface area is 221 Å². The predicted octanol–water partition coefficient (Wildman–Crippen LogP) is 1.74. The summed E-state index contributed by atoms with van der Waals surface area (Å²) in [6.07, 6.45) is 3.71. The average molecular weight is 539 g/mol. The molecule has 6 atom stereocenters. The normalized spacial score (nSPS) is 30.0. The fourth-order valence-electron chi connectivity index (χ4n) is 6.12. The van der Waals surface area contributed by atoms with Gasteiger partial charge < -0.3 is 14.2 Å². The van der Waals surface area contributed by atoms with E-state index < -0.39 is 12.1 Å². The highest BCUT2D eigenvalue weighted by atomic mass is 32.2. The van der Waals surface area contributed by atoms with E-state index in [0.29, 0.717) is 48.9 Å². The van der Waals surface area contributed by atoms with Crippen molar-refractivity contribution in [2.24, 2.45) is 24.8 Å². The van der Waals surface area contributed by atoms with E-state index in [0.717, 1.165) is 32.4 Å². The molecule has 0 N–H and O–H groups in total. The van der Waals surface area contributed by atoms with Gasteiger partial charge in [-0.15, -0.1) is 10.2 Å². The molecule has 1 aliphatic carbocycles. The number of aryl methyl sites for hydroxylation is 1. The number of tetrazole rings is 1. The van der Waals surface area contributed by atoms with E-state index in [1.54, 1.807) is 30.6 Å². The lowest BCUT2D eigenvalue weighted by molar-refractivity contribution is -0.153. The van der Waals surface area contributed by atoms with E-state index in [2.05, 4.69) is 20.3 Å². The summed E-state index contributed by atoms with van der Waals surface area (Å²) in [4.78, 5) is 43.1. The summed E-state index contributed by atoms with van der Waals surface area (Å²) in [5.41, 5.74) is 0. The predicted molar refractivity (Wildman–Crippen MR) is 134 cm³/mol. The van der Waals surface area contributed by atoms with Crippen molar-refractivity contribution in [2.75, 3.05) is 40.0 Å². The van der Waals surface area contributed by atoms with Gasteiger partial charge in [-0.1, -0.05) is 11.8 Å². The molecule has 3 aliphatic rings. The second-order valence-corrected chi connectivity index (χ2v) is 11.4. The molecule has 4 rings (SSSR count). The number of aromatic nitrogens is 4. The van der Waals surface area contributed by atoms with E-state index in [-0.39, 0.29) is 29.8 Å². The molecule has 13 heteroatoms. The molecule has 1 aromatic rings. The number of nitrogens with zero attached hydrogens (tertiary/aromatic N) is 6. The summed E-state index contributed by atoms with van der Waals surface area (Å²) >= 11 is 1.55. The van der Waals surface area contributed by atoms with Gasteiger partial charge in [0.25, 0.3) is 0 Å². The topological polar surface area (TPSA) is 129 Å². The molecule has 206 valence electrons. The van der Waals surface area contributed by atoms with Crippen LogP contribution in [0.25, 0.3) is 0 Å². The number of hydrogen-bond donors (Lipinski definition) is 0. The van der Waals surface area contributed by atoms with Crippen LogP contribution in [0.4, 0.5) is 4.79 Å². The van der Waals surface area contributed by atoms with Crippen LogP contribution >= 0.6 is 11.8 Å². The van der Waals surface area contributed by atoms with Gasteiger partial charge in [0.2, 0.25) is 5.16 Å². The number of fused-ring (bicyclic) bond motifs is 1. The Morgan fingerprint density at radius 3 is 2.35 bits per heavy atom. The van der Waals surface area contributed by atoms with E-state index >= 15 is 0 Å². The quantitative estimate of drug-likeness (QED) is 0.354. The van der Waals surface area contributed by atoms with Gasteiger partial charge in [0.05, 0.1) is 27.4 Å². The van der Waals surface area contributed by atoms with Gasteiger partial charge in [0, 0.05) is 24.9 Å². The van der Waals surface area contributed by atoms with Gasteiger partial charge >= 0.3 is 18.0 Å². The summed E-state index contributed by atoms with van der Waals surface area (Å²) in [5.74, 6) is 0.482. The molecule has 3 fully saturated rings. The van der Waals surface area contributed by atoms with Gasteiger partial charge in [-0.25, -0.2) is 9.59 Å². The highest BCUT2D eigenvalue weighted by Crippen LogP contribution is 2.43. The van der Waals surface area contributed by atoms with Gasteiger partial charge in [-0.3, -0.25) is 14.6 Å². The van der Waals surface area contributed by atoms with Crippen molar-refractivity contribution < 1.29 is 28.6 Å². The lowest BCUT2D eigenvalue weighted by atomic mass is 9.69. The maximum absolute atomic E-state index is 12.8. The molecule has 12 nitrogen and oxygen atoms in total. The minimum absolute atomic E-state index is 0.173. The first-order valence-electron chi connectivity index (χ1n) is 13.1. The number of ether oxygens (including phenoxy) is 3. The minimum atomic E-state index is -0.619. The fourth-order valence-corrected chi connectivity index (χ4v) is 7.21. The Balaban J connectivity index is 1.41. The second-order valence-electron chi connectivity index (χ2n) is 10.1. The van der Waals surface area contributed by atoms with Crippen LogP contribution in [0, 0.1) is 17.8 Å². The van der Waals surface area contributed by atoms with Crippen molar-refractivity contribution in [1.29, 1.82) is 0 Å². The Hall–Kier alpha value is -2.41. The third-order valence-electron chi connectivity index (χ3n) is 7.73. The molecule has 2 saturated heterocycles. The molecule has 0 radical (unpaired) electrons. The molecular formula is C24H38N6O6S. The number of carbonyl (C=O) groups excluding carboxylic acids is 3. The van der Waals surface area contributed by atoms with E-state index in [1.165, 1.54) is 11.9 Å². The first kappa shape index (κ1) is 27.6. The number of esters is 2. The molecular weight excluding hydrogens is 500 g/mol. The number of hydrogen-bond acceptors (Lipinski definition) is 11. The Morgan fingerprint density at radius 1 is 0.973 bits per heavy atom. The summed E-state index contributed by atoms with van der Waals surface area (Å²) in [6.45, 7) is 6.27. The first-order chi connectivity index (χ1) is 17.8. The van der Waals surface area contributed by atoms with E-state index in [1.807, 2.05) is 6.92 Å². The average Bonchev–Trinajstić information content (AvgIpc) is 3.48. The van der Waals surface area contributed by atoms with Gasteiger partial charge in [0.1, 0.15) is 12.1 Å². The number of methoxy groups -OCH3 is 1. The summed E-state index contributed by atoms with van der Waals surface area (Å²) in [6, 6.07) is -0.910. The Bertz CT molecular complexity index is 962. The SMILES string of the molecule is CCOC(=O)C1CC2CC(CN3C[C@@H](Sc4nnn(C)n4)C[C@H]3C(=O)OCC)CCC2CN1C(=O)OC. The van der Waals surface area contributed by atoms with E-state index in [9.17, 15) is 14.4 Å². The van der Waals surface area contributed by atoms with Crippen LogP contribution in [0.5, 0.6) is 0 Å². The third kappa shape index (κ3) is 6.54. The van der Waals surface area contributed by atoms with Crippen LogP contribution in [0.2, 0.25) is 0 Å². The van der Waals surface area contributed by atoms with Crippen LogP contribution in [0.15, 0.2) is 5.16 Å². The van der Waals surface area contributed by atoms with Crippen molar-refractivity contribution in [3.8, 4) is 0 Å². The lowest BCUT2D eigenvalue weighted by Gasteiger charge is -2.46. The maximum atomic E-state index is 12.8. The summed E-state index contributed by atoms with van der Waals surface area (Å²) in [7, 11) is 3.08. The molecule has 0 aromatic carbocycles. The van der Waals surface area contributed by atoms with E-state index in [4.69, 9.17) is 14.2 Å². The fraction of sp³-hybridized carbons (Fsp3) is 0.833. The van der Waals surface area contributed by atoms with Gasteiger partial charge in [0.15, 0.2) is 0 Å². The van der Waals surface area contributed by atoms with Gasteiger partial charge in [-0.2, -0.15) is 4.80 Å². The summed E-state index contributed by atoms with van der Waals surface area (Å²) < 4.78 is 15.6. The number of likely N-dealkylation sites (tertiary alicyclic amines) is 2. The Kier molecular flexibility index (Phi) is 9.27. The monoisotopic (exact) mass is 538 g/mol. The largest absolute Gasteiger partial charge is 0.465 e. The molecule has 0 spiro atoms. The van der Waals surface area contributed by atoms with Crippen LogP contribution in [0.3, 0.4) is 0 Å². The lowest BCUT2D eigenvalue weighted by Crippen LogP contribution is -2.55. The highest BCUT2D eigenvalue weighted by molar-refractivity contribution is 7.99. The molecule has 1 saturated carbocycles. The smallest absolute Gasteiger partial charge is 0.410 e. The van der Waals surface area contributed by atoms with Crippen molar-refractivity contribution >= 4 is 29.8 Å². The maximum Gasteiger partial charge on any atom is 0.410 e. The van der Waals surface area contributed by atoms with Crippen molar-refractivity contribution in [3.63, 3.8) is 0 Å². The van der Waals surface area contributed by atoms with Gasteiger partial charge in [-0.05, 0) is 68.9 Å². The minimum Gasteiger partial charge on any atom is -0.465 e. The molecule has 37 heavy (non-hydrogen) atoms. The van der Waals surface area contributed by atoms with Crippen LogP contribution in [-0.4, -0.2) is 105 Å². The molecule has 1 amide bonds. The number of amides is 1. The van der Waals surface area contributed by atoms with Crippen molar-refractivity contribution in [1.82, 2.24) is 30.0 Å². The zero-order valence-corrected chi connectivity index (χ0v) is 22.9. The first-order valence-corrected chi connectivity index (χ1v) is 14.0. The summed E-state index contributed by atoms with van der Waals surface area (Å²) in [5, 5.41) is 13.1. The zero-order valence-electron chi connectivity index (χ0n) is 22.1. The molecule has 4 unspecified atom stereocenters. The van der Waals surface area contributed by atoms with Crippen molar-refractivity contribution in [3.05, 3.63) is 0 Å². The van der Waals surface area contributed by atoms with Crippen molar-refractivity contribution in [2.45, 2.75) is 68.4 Å². The molecule has 1 aromatic heterocycles. The number of rotatable bonds is 8. The highest BCUT2D eigenvalue weighted by Gasteiger charge is 2.46. The standard InChI is InChI=1S/C24H38N6O6S/c1-5-35-21(31)19-11-18(37-23-25-27-28(3)26-23)14-29(19)12-15-7-8-16-13-30(24(33)34-4)20(10-17(16)9-15)22(32)36-6-2/h15-20H,5-14H2,1-4H3/t15?,16?,17?,18-,19-,20?/m0/s1. The van der Waals surface area contributed by atoms with Crippen LogP contribution in [-0.2, 0) is 30.8 Å². The number of thioether (sulfide) groups is 1. The Morgan fingerprint density at radius 2 is 1.70 bits per heavy atom. The molecule has 2 aliphatic heterocycles. The van der Waals surface area contributed by atoms with Crippen LogP contribution in [0.1, 0.15) is 46.0 Å². The van der Waals surface area contributed by atoms with Crippen LogP contribution < -0.4 is 0 Å². The zero-order chi connectivity index (χ0) is 26.5. The molecule has 3 heterocycles. The molecule has 0 bridgehead atoms. The second kappa shape index (κ2) is 12.4. The number of carbonyl (C=O) groups is 3. The number of piperidine rings is 1.